The van der Waals surface area contributed by atoms with E-state index < -0.39 is 17.5 Å². The van der Waals surface area contributed by atoms with E-state index >= 15 is 0 Å². The molecule has 1 fully saturated rings. The van der Waals surface area contributed by atoms with Gasteiger partial charge in [-0.3, -0.25) is 0 Å². The lowest BCUT2D eigenvalue weighted by atomic mass is 9.90. The molecule has 1 saturated carbocycles. The van der Waals surface area contributed by atoms with E-state index in [1.165, 1.54) is 0 Å². The fraction of sp³-hybridized carbons (Fsp3) is 0.571. The lowest BCUT2D eigenvalue weighted by molar-refractivity contribution is -0.145. The molecule has 0 spiro atoms. The maximum atomic E-state index is 12.0. The minimum atomic E-state index is -1.15. The summed E-state index contributed by atoms with van der Waals surface area (Å²) in [5.74, 6) is -0.959. The van der Waals surface area contributed by atoms with Crippen LogP contribution in [0.25, 0.3) is 0 Å². The van der Waals surface area contributed by atoms with E-state index in [9.17, 15) is 14.7 Å². The zero-order chi connectivity index (χ0) is 15.1. The second kappa shape index (κ2) is 7.01. The van der Waals surface area contributed by atoms with Gasteiger partial charge in [-0.15, -0.1) is 0 Å². The molecule has 0 bridgehead atoms. The summed E-state index contributed by atoms with van der Waals surface area (Å²) < 4.78 is 0. The third kappa shape index (κ3) is 4.14. The normalized spacial score (nSPS) is 17.5. The molecule has 21 heavy (non-hydrogen) atoms. The van der Waals surface area contributed by atoms with Crippen molar-refractivity contribution in [1.29, 1.82) is 0 Å². The van der Waals surface area contributed by atoms with Crippen LogP contribution in [0.4, 0.5) is 4.79 Å². The Hall–Kier alpha value is -2.18. The first-order valence-electron chi connectivity index (χ1n) is 7.18. The Morgan fingerprint density at radius 1 is 1.24 bits per heavy atom. The second-order valence-corrected chi connectivity index (χ2v) is 5.32. The summed E-state index contributed by atoms with van der Waals surface area (Å²) in [4.78, 5) is 23.5. The molecule has 2 rings (SSSR count). The molecule has 1 heterocycles. The summed E-state index contributed by atoms with van der Waals surface area (Å²) in [6.07, 6.45) is 6.15. The molecule has 0 radical (unpaired) electrons. The van der Waals surface area contributed by atoms with E-state index in [0.29, 0.717) is 18.5 Å². The maximum Gasteiger partial charge on any atom is 0.329 e. The standard InChI is InChI=1S/C14H20N4O3/c19-12(20)14(7-3-1-2-4-8-14)17-13(21)15-10-11-6-5-9-16-18-11/h5-6,9H,1-4,7-8,10H2,(H,19,20)(H2,15,17,21). The molecule has 0 aliphatic heterocycles. The Morgan fingerprint density at radius 2 is 1.95 bits per heavy atom. The summed E-state index contributed by atoms with van der Waals surface area (Å²) in [6.45, 7) is 0.218. The minimum Gasteiger partial charge on any atom is -0.480 e. The highest BCUT2D eigenvalue weighted by atomic mass is 16.4. The van der Waals surface area contributed by atoms with Crippen molar-refractivity contribution in [3.05, 3.63) is 24.0 Å². The number of carbonyl (C=O) groups excluding carboxylic acids is 1. The Balaban J connectivity index is 1.93. The van der Waals surface area contributed by atoms with Crippen LogP contribution < -0.4 is 10.6 Å². The summed E-state index contributed by atoms with van der Waals surface area (Å²) >= 11 is 0. The van der Waals surface area contributed by atoms with Gasteiger partial charge >= 0.3 is 12.0 Å². The van der Waals surface area contributed by atoms with E-state index in [-0.39, 0.29) is 6.54 Å². The lowest BCUT2D eigenvalue weighted by Crippen LogP contribution is -2.56. The van der Waals surface area contributed by atoms with Crippen LogP contribution in [0.5, 0.6) is 0 Å². The van der Waals surface area contributed by atoms with Crippen LogP contribution in [-0.4, -0.2) is 32.8 Å². The predicted molar refractivity (Wildman–Crippen MR) is 75.5 cm³/mol. The molecule has 3 N–H and O–H groups in total. The van der Waals surface area contributed by atoms with Crippen LogP contribution in [0.15, 0.2) is 18.3 Å². The first kappa shape index (κ1) is 15.2. The number of aliphatic carboxylic acids is 1. The van der Waals surface area contributed by atoms with Crippen LogP contribution in [0.1, 0.15) is 44.2 Å². The molecule has 1 aromatic rings. The number of carbonyl (C=O) groups is 2. The quantitative estimate of drug-likeness (QED) is 0.729. The van der Waals surface area contributed by atoms with Crippen molar-refractivity contribution >= 4 is 12.0 Å². The Kier molecular flexibility index (Phi) is 5.08. The fourth-order valence-electron chi connectivity index (χ4n) is 2.58. The average molecular weight is 292 g/mol. The zero-order valence-corrected chi connectivity index (χ0v) is 11.8. The SMILES string of the molecule is O=C(NCc1cccnn1)NC1(C(=O)O)CCCCCC1. The van der Waals surface area contributed by atoms with Gasteiger partial charge in [-0.05, 0) is 25.0 Å². The third-order valence-electron chi connectivity index (χ3n) is 3.78. The molecule has 0 atom stereocenters. The molecule has 0 saturated heterocycles. The molecule has 2 amide bonds. The molecule has 1 aliphatic rings. The number of nitrogens with one attached hydrogen (secondary N) is 2. The highest BCUT2D eigenvalue weighted by Crippen LogP contribution is 2.27. The van der Waals surface area contributed by atoms with Crippen LogP contribution in [0.3, 0.4) is 0 Å². The van der Waals surface area contributed by atoms with Crippen molar-refractivity contribution in [2.75, 3.05) is 0 Å². The number of rotatable bonds is 4. The summed E-state index contributed by atoms with van der Waals surface area (Å²) in [7, 11) is 0. The smallest absolute Gasteiger partial charge is 0.329 e. The first-order valence-corrected chi connectivity index (χ1v) is 7.18. The topological polar surface area (TPSA) is 104 Å². The maximum absolute atomic E-state index is 12.0. The van der Waals surface area contributed by atoms with Crippen LogP contribution in [0.2, 0.25) is 0 Å². The second-order valence-electron chi connectivity index (χ2n) is 5.32. The van der Waals surface area contributed by atoms with E-state index in [0.717, 1.165) is 25.7 Å². The van der Waals surface area contributed by atoms with E-state index in [4.69, 9.17) is 0 Å². The lowest BCUT2D eigenvalue weighted by Gasteiger charge is -2.29. The largest absolute Gasteiger partial charge is 0.480 e. The molecule has 7 heteroatoms. The van der Waals surface area contributed by atoms with Gasteiger partial charge in [0.15, 0.2) is 0 Å². The van der Waals surface area contributed by atoms with E-state index in [1.54, 1.807) is 18.3 Å². The number of carboxylic acid groups (broad SMARTS) is 1. The number of hydrogen-bond donors (Lipinski definition) is 3. The number of nitrogens with zero attached hydrogens (tertiary/aromatic N) is 2. The summed E-state index contributed by atoms with van der Waals surface area (Å²) in [5, 5.41) is 22.3. The van der Waals surface area contributed by atoms with Gasteiger partial charge in [0.1, 0.15) is 5.54 Å². The Bertz CT molecular complexity index is 484. The van der Waals surface area contributed by atoms with Gasteiger partial charge < -0.3 is 15.7 Å². The van der Waals surface area contributed by atoms with Crippen molar-refractivity contribution in [1.82, 2.24) is 20.8 Å². The van der Waals surface area contributed by atoms with Gasteiger partial charge in [-0.25, -0.2) is 9.59 Å². The fourth-order valence-corrected chi connectivity index (χ4v) is 2.58. The predicted octanol–water partition coefficient (Wildman–Crippen LogP) is 1.45. The van der Waals surface area contributed by atoms with Crippen molar-refractivity contribution in [2.24, 2.45) is 0 Å². The Morgan fingerprint density at radius 3 is 2.52 bits per heavy atom. The van der Waals surface area contributed by atoms with Crippen LogP contribution >= 0.6 is 0 Å². The molecular weight excluding hydrogens is 272 g/mol. The van der Waals surface area contributed by atoms with Gasteiger partial charge in [-0.2, -0.15) is 10.2 Å². The minimum absolute atomic E-state index is 0.218. The highest BCUT2D eigenvalue weighted by molar-refractivity contribution is 5.86. The van der Waals surface area contributed by atoms with Gasteiger partial charge in [0.2, 0.25) is 0 Å². The van der Waals surface area contributed by atoms with Crippen molar-refractivity contribution in [3.63, 3.8) is 0 Å². The molecular formula is C14H20N4O3. The molecule has 1 aromatic heterocycles. The molecule has 1 aliphatic carbocycles. The summed E-state index contributed by atoms with van der Waals surface area (Å²) in [5.41, 5.74) is -0.527. The van der Waals surface area contributed by atoms with Crippen LogP contribution in [0, 0.1) is 0 Å². The van der Waals surface area contributed by atoms with E-state index in [1.807, 2.05) is 0 Å². The zero-order valence-electron chi connectivity index (χ0n) is 11.8. The summed E-state index contributed by atoms with van der Waals surface area (Å²) in [6, 6.07) is 2.99. The number of urea groups is 1. The first-order chi connectivity index (χ1) is 10.1. The Labute approximate surface area is 123 Å². The average Bonchev–Trinajstić information content (AvgIpc) is 2.73. The van der Waals surface area contributed by atoms with Crippen LogP contribution in [-0.2, 0) is 11.3 Å². The molecule has 114 valence electrons. The van der Waals surface area contributed by atoms with Gasteiger partial charge in [-0.1, -0.05) is 25.7 Å². The number of amides is 2. The molecule has 0 unspecified atom stereocenters. The number of aromatic nitrogens is 2. The monoisotopic (exact) mass is 292 g/mol. The van der Waals surface area contributed by atoms with Crippen molar-refractivity contribution in [3.8, 4) is 0 Å². The highest BCUT2D eigenvalue weighted by Gasteiger charge is 2.40. The van der Waals surface area contributed by atoms with Gasteiger partial charge in [0.05, 0.1) is 12.2 Å². The molecule has 7 nitrogen and oxygen atoms in total. The molecule has 0 aromatic carbocycles. The third-order valence-corrected chi connectivity index (χ3v) is 3.78. The van der Waals surface area contributed by atoms with Crippen molar-refractivity contribution in [2.45, 2.75) is 50.6 Å². The van der Waals surface area contributed by atoms with Crippen molar-refractivity contribution < 1.29 is 14.7 Å². The number of hydrogen-bond acceptors (Lipinski definition) is 4. The van der Waals surface area contributed by atoms with Gasteiger partial charge in [0.25, 0.3) is 0 Å². The number of carboxylic acids is 1. The van der Waals surface area contributed by atoms with E-state index in [2.05, 4.69) is 20.8 Å². The van der Waals surface area contributed by atoms with Gasteiger partial charge in [0, 0.05) is 6.20 Å².